The molecule has 0 unspecified atom stereocenters. The molecule has 0 radical (unpaired) electrons. The molecule has 24 heavy (non-hydrogen) atoms. The Kier molecular flexibility index (Phi) is 3.91. The second-order valence-electron chi connectivity index (χ2n) is 6.19. The van der Waals surface area contributed by atoms with Gasteiger partial charge in [0.25, 0.3) is 5.91 Å². The normalized spacial score (nSPS) is 16.6. The summed E-state index contributed by atoms with van der Waals surface area (Å²) in [5.41, 5.74) is 4.22. The van der Waals surface area contributed by atoms with E-state index in [-0.39, 0.29) is 11.9 Å². The lowest BCUT2D eigenvalue weighted by atomic mass is 9.92. The zero-order valence-corrected chi connectivity index (χ0v) is 13.4. The van der Waals surface area contributed by atoms with Crippen molar-refractivity contribution in [3.63, 3.8) is 0 Å². The molecule has 0 aliphatic heterocycles. The summed E-state index contributed by atoms with van der Waals surface area (Å²) in [6.45, 7) is 0.771. The summed E-state index contributed by atoms with van der Waals surface area (Å²) in [7, 11) is 0. The van der Waals surface area contributed by atoms with Gasteiger partial charge in [-0.3, -0.25) is 9.48 Å². The van der Waals surface area contributed by atoms with E-state index in [1.807, 2.05) is 30.5 Å². The van der Waals surface area contributed by atoms with Crippen molar-refractivity contribution in [1.82, 2.24) is 20.1 Å². The summed E-state index contributed by atoms with van der Waals surface area (Å²) in [5, 5.41) is 7.70. The van der Waals surface area contributed by atoms with Crippen molar-refractivity contribution in [3.05, 3.63) is 77.4 Å². The first-order valence-corrected chi connectivity index (χ1v) is 8.34. The molecule has 0 spiro atoms. The molecule has 1 aromatic carbocycles. The molecular weight excluding hydrogens is 300 g/mol. The number of fused-ring (bicyclic) bond motifs is 1. The summed E-state index contributed by atoms with van der Waals surface area (Å²) in [6.07, 6.45) is 6.70. The van der Waals surface area contributed by atoms with Gasteiger partial charge in [-0.2, -0.15) is 5.10 Å². The molecule has 0 saturated carbocycles. The lowest BCUT2D eigenvalue weighted by Gasteiger charge is -2.24. The molecule has 3 aromatic rings. The van der Waals surface area contributed by atoms with Crippen molar-refractivity contribution in [1.29, 1.82) is 0 Å². The fourth-order valence-corrected chi connectivity index (χ4v) is 3.37. The zero-order chi connectivity index (χ0) is 16.4. The largest absolute Gasteiger partial charge is 0.357 e. The van der Waals surface area contributed by atoms with Gasteiger partial charge in [0.1, 0.15) is 5.69 Å². The third kappa shape index (κ3) is 2.85. The van der Waals surface area contributed by atoms with Crippen LogP contribution in [-0.2, 0) is 13.0 Å². The van der Waals surface area contributed by atoms with E-state index in [2.05, 4.69) is 32.2 Å². The van der Waals surface area contributed by atoms with Crippen molar-refractivity contribution >= 4 is 5.91 Å². The number of H-pyrrole nitrogens is 1. The Morgan fingerprint density at radius 2 is 2.12 bits per heavy atom. The van der Waals surface area contributed by atoms with E-state index >= 15 is 0 Å². The molecule has 0 bridgehead atoms. The Morgan fingerprint density at radius 1 is 1.25 bits per heavy atom. The first-order chi connectivity index (χ1) is 11.8. The number of benzene rings is 1. The predicted octanol–water partition coefficient (Wildman–Crippen LogP) is 3.07. The Bertz CT molecular complexity index is 820. The van der Waals surface area contributed by atoms with Crippen LogP contribution < -0.4 is 5.32 Å². The van der Waals surface area contributed by atoms with Gasteiger partial charge in [0.2, 0.25) is 0 Å². The zero-order valence-electron chi connectivity index (χ0n) is 13.4. The van der Waals surface area contributed by atoms with E-state index in [1.54, 1.807) is 12.3 Å². The number of aromatic amines is 1. The van der Waals surface area contributed by atoms with Crippen LogP contribution in [0.3, 0.4) is 0 Å². The minimum absolute atomic E-state index is 0.0362. The Balaban J connectivity index is 1.54. The van der Waals surface area contributed by atoms with Crippen LogP contribution in [0.4, 0.5) is 0 Å². The van der Waals surface area contributed by atoms with Crippen molar-refractivity contribution in [2.24, 2.45) is 0 Å². The average molecular weight is 320 g/mol. The monoisotopic (exact) mass is 320 g/mol. The highest BCUT2D eigenvalue weighted by atomic mass is 16.1. The van der Waals surface area contributed by atoms with E-state index in [0.29, 0.717) is 5.69 Å². The first kappa shape index (κ1) is 14.8. The molecule has 122 valence electrons. The van der Waals surface area contributed by atoms with Crippen LogP contribution in [-0.4, -0.2) is 20.7 Å². The van der Waals surface area contributed by atoms with E-state index < -0.39 is 0 Å². The van der Waals surface area contributed by atoms with Gasteiger partial charge in [0, 0.05) is 17.5 Å². The number of carbonyl (C=O) groups excluding carboxylic acids is 1. The van der Waals surface area contributed by atoms with Gasteiger partial charge in [-0.1, -0.05) is 30.3 Å². The fourth-order valence-electron chi connectivity index (χ4n) is 3.37. The van der Waals surface area contributed by atoms with E-state index in [4.69, 9.17) is 0 Å². The summed E-state index contributed by atoms with van der Waals surface area (Å²) in [4.78, 5) is 15.3. The van der Waals surface area contributed by atoms with Gasteiger partial charge in [-0.25, -0.2) is 0 Å². The molecule has 5 heteroatoms. The molecule has 4 rings (SSSR count). The molecule has 2 N–H and O–H groups in total. The minimum Gasteiger partial charge on any atom is -0.357 e. The van der Waals surface area contributed by atoms with Crippen LogP contribution in [0.15, 0.2) is 54.9 Å². The molecule has 1 aliphatic rings. The molecule has 2 aromatic heterocycles. The fraction of sp³-hybridized carbons (Fsp3) is 0.263. The van der Waals surface area contributed by atoms with Crippen molar-refractivity contribution in [3.8, 4) is 0 Å². The number of nitrogens with zero attached hydrogens (tertiary/aromatic N) is 2. The number of nitrogens with one attached hydrogen (secondary N) is 2. The van der Waals surface area contributed by atoms with Gasteiger partial charge < -0.3 is 10.3 Å². The Hall–Kier alpha value is -2.82. The molecule has 1 amide bonds. The lowest BCUT2D eigenvalue weighted by molar-refractivity contribution is 0.0928. The molecule has 1 atom stereocenters. The van der Waals surface area contributed by atoms with Crippen LogP contribution >= 0.6 is 0 Å². The number of hydrogen-bond donors (Lipinski definition) is 2. The predicted molar refractivity (Wildman–Crippen MR) is 91.7 cm³/mol. The lowest BCUT2D eigenvalue weighted by Crippen LogP contribution is -2.31. The van der Waals surface area contributed by atoms with Crippen LogP contribution in [0.25, 0.3) is 0 Å². The summed E-state index contributed by atoms with van der Waals surface area (Å²) < 4.78 is 2.07. The van der Waals surface area contributed by atoms with Crippen molar-refractivity contribution < 1.29 is 4.79 Å². The summed E-state index contributed by atoms with van der Waals surface area (Å²) in [5.74, 6) is -0.0614. The van der Waals surface area contributed by atoms with E-state index in [9.17, 15) is 4.79 Å². The van der Waals surface area contributed by atoms with Gasteiger partial charge in [-0.15, -0.1) is 0 Å². The van der Waals surface area contributed by atoms with Gasteiger partial charge in [0.05, 0.1) is 18.8 Å². The molecule has 2 heterocycles. The number of carbonyl (C=O) groups is 1. The highest BCUT2D eigenvalue weighted by molar-refractivity contribution is 5.92. The molecule has 5 nitrogen and oxygen atoms in total. The average Bonchev–Trinajstić information content (AvgIpc) is 3.27. The summed E-state index contributed by atoms with van der Waals surface area (Å²) >= 11 is 0. The molecule has 0 saturated heterocycles. The Labute approximate surface area is 140 Å². The molecular formula is C19H20N4O. The van der Waals surface area contributed by atoms with Gasteiger partial charge in [-0.05, 0) is 37.0 Å². The van der Waals surface area contributed by atoms with Crippen LogP contribution in [0.1, 0.15) is 46.2 Å². The highest BCUT2D eigenvalue weighted by Crippen LogP contribution is 2.30. The number of aromatic nitrogens is 3. The quantitative estimate of drug-likeness (QED) is 0.776. The van der Waals surface area contributed by atoms with Crippen molar-refractivity contribution in [2.45, 2.75) is 31.8 Å². The number of rotatable bonds is 4. The highest BCUT2D eigenvalue weighted by Gasteiger charge is 2.26. The SMILES string of the molecule is O=C(N[C@@H]1CCCc2c1cnn2Cc1ccccc1)c1ccc[nH]1. The van der Waals surface area contributed by atoms with E-state index in [1.165, 1.54) is 11.3 Å². The molecule has 0 fully saturated rings. The standard InChI is InChI=1S/C19H20N4O/c24-19(17-9-5-11-20-17)22-16-8-4-10-18-15(16)12-21-23(18)13-14-6-2-1-3-7-14/h1-3,5-7,9,11-12,16,20H,4,8,10,13H2,(H,22,24)/t16-/m1/s1. The summed E-state index contributed by atoms with van der Waals surface area (Å²) in [6, 6.07) is 14.0. The van der Waals surface area contributed by atoms with Crippen LogP contribution in [0, 0.1) is 0 Å². The van der Waals surface area contributed by atoms with Crippen molar-refractivity contribution in [2.75, 3.05) is 0 Å². The topological polar surface area (TPSA) is 62.7 Å². The third-order valence-corrected chi connectivity index (χ3v) is 4.59. The second-order valence-corrected chi connectivity index (χ2v) is 6.19. The smallest absolute Gasteiger partial charge is 0.268 e. The number of amides is 1. The van der Waals surface area contributed by atoms with Crippen LogP contribution in [0.5, 0.6) is 0 Å². The minimum atomic E-state index is -0.0614. The molecule has 1 aliphatic carbocycles. The maximum Gasteiger partial charge on any atom is 0.268 e. The maximum absolute atomic E-state index is 12.3. The van der Waals surface area contributed by atoms with Crippen LogP contribution in [0.2, 0.25) is 0 Å². The van der Waals surface area contributed by atoms with Gasteiger partial charge in [0.15, 0.2) is 0 Å². The Morgan fingerprint density at radius 3 is 2.92 bits per heavy atom. The number of hydrogen-bond acceptors (Lipinski definition) is 2. The maximum atomic E-state index is 12.3. The van der Waals surface area contributed by atoms with E-state index in [0.717, 1.165) is 31.4 Å². The second kappa shape index (κ2) is 6.35. The van der Waals surface area contributed by atoms with Gasteiger partial charge >= 0.3 is 0 Å². The third-order valence-electron chi connectivity index (χ3n) is 4.59. The first-order valence-electron chi connectivity index (χ1n) is 8.34.